The molecule has 12 aromatic carbocycles. The average Bonchev–Trinajstić information content (AvgIpc) is 3.46. The second kappa shape index (κ2) is 20.8. The van der Waals surface area contributed by atoms with Gasteiger partial charge in [-0.2, -0.15) is 0 Å². The number of hydrogen-bond acceptors (Lipinski definition) is 5. The molecule has 0 radical (unpaired) electrons. The van der Waals surface area contributed by atoms with Crippen LogP contribution in [0.25, 0.3) is 65.3 Å². The normalized spacial score (nSPS) is 12.3. The second-order valence-corrected chi connectivity index (χ2v) is 20.0. The highest BCUT2D eigenvalue weighted by molar-refractivity contribution is 7.45. The van der Waals surface area contributed by atoms with Gasteiger partial charge in [0.1, 0.15) is 11.5 Å². The van der Waals surface area contributed by atoms with Gasteiger partial charge in [0, 0.05) is 57.1 Å². The zero-order chi connectivity index (χ0) is 49.8. The van der Waals surface area contributed by atoms with Crippen molar-refractivity contribution in [3.05, 3.63) is 278 Å². The number of anilines is 4. The molecule has 12 aromatic rings. The quantitative estimate of drug-likeness (QED) is 0.100. The Balaban J connectivity index is 1.12. The van der Waals surface area contributed by atoms with Crippen molar-refractivity contribution in [2.45, 2.75) is 25.9 Å². The van der Waals surface area contributed by atoms with E-state index in [1.165, 1.54) is 0 Å². The molecular weight excluding hydrogens is 922 g/mol. The predicted octanol–water partition coefficient (Wildman–Crippen LogP) is 19.6. The molecule has 0 unspecified atom stereocenters. The van der Waals surface area contributed by atoms with Crippen LogP contribution >= 0.6 is 8.53 Å². The molecule has 0 aliphatic heterocycles. The Labute approximate surface area is 434 Å². The van der Waals surface area contributed by atoms with Crippen molar-refractivity contribution < 1.29 is 9.05 Å². The first-order valence-corrected chi connectivity index (χ1v) is 26.4. The number of nitrogens with zero attached hydrogens (tertiary/aromatic N) is 1. The Morgan fingerprint density at radius 1 is 0.311 bits per heavy atom. The first-order valence-electron chi connectivity index (χ1n) is 25.3. The molecule has 12 rings (SSSR count). The zero-order valence-corrected chi connectivity index (χ0v) is 42.2. The van der Waals surface area contributed by atoms with Crippen LogP contribution in [0.1, 0.15) is 37.1 Å². The highest BCUT2D eigenvalue weighted by Gasteiger charge is 2.38. The van der Waals surface area contributed by atoms with E-state index in [0.29, 0.717) is 11.5 Å². The van der Waals surface area contributed by atoms with E-state index in [-0.39, 0.29) is 12.1 Å². The zero-order valence-electron chi connectivity index (χ0n) is 41.3. The molecule has 2 N–H and O–H groups in total. The number of rotatable bonds is 15. The predicted molar refractivity (Wildman–Crippen MR) is 313 cm³/mol. The molecule has 358 valence electrons. The number of hydrogen-bond donors (Lipinski definition) is 2. The van der Waals surface area contributed by atoms with Gasteiger partial charge in [0.25, 0.3) is 0 Å². The minimum atomic E-state index is -2.04. The third-order valence-corrected chi connectivity index (χ3v) is 15.9. The number of nitrogens with one attached hydrogen (secondary N) is 2. The van der Waals surface area contributed by atoms with Gasteiger partial charge in [-0.15, -0.1) is 0 Å². The maximum absolute atomic E-state index is 7.96. The summed E-state index contributed by atoms with van der Waals surface area (Å²) in [6, 6.07) is 94.0. The largest absolute Gasteiger partial charge is 0.426 e. The van der Waals surface area contributed by atoms with E-state index in [2.05, 4.69) is 284 Å². The van der Waals surface area contributed by atoms with Crippen LogP contribution in [-0.4, -0.2) is 4.67 Å². The fourth-order valence-corrected chi connectivity index (χ4v) is 12.2. The van der Waals surface area contributed by atoms with E-state index in [1.54, 1.807) is 0 Å². The molecule has 74 heavy (non-hydrogen) atoms. The topological polar surface area (TPSA) is 45.8 Å². The molecule has 0 saturated carbocycles. The standard InChI is InChI=1S/C68H54N3O2P/c1-47(49-23-7-3-8-24-49)71(48(2)50-25-9-4-10-26-50)74(72-63-45-41-53-29-17-21-37-59(53)67(63)65-57-35-19-15-27-51(57)39-43-61(65)69-55-31-11-5-12-32-55)73-64-46-42-54-30-18-22-38-60(54)68(64)66-58-36-20-16-28-52(58)40-44-62(66)70-56-33-13-6-14-34-56/h3-48,69-70H,1-2H3/t47-,48-/m1/s1. The Hall–Kier alpha value is -8.73. The van der Waals surface area contributed by atoms with Crippen LogP contribution in [0, 0.1) is 0 Å². The van der Waals surface area contributed by atoms with Crippen LogP contribution in [0.5, 0.6) is 11.5 Å². The summed E-state index contributed by atoms with van der Waals surface area (Å²) < 4.78 is 18.4. The molecule has 0 bridgehead atoms. The summed E-state index contributed by atoms with van der Waals surface area (Å²) in [4.78, 5) is 0. The Morgan fingerprint density at radius 2 is 0.608 bits per heavy atom. The molecule has 2 atom stereocenters. The lowest BCUT2D eigenvalue weighted by Crippen LogP contribution is -2.29. The van der Waals surface area contributed by atoms with E-state index >= 15 is 0 Å². The SMILES string of the molecule is C[C@H](c1ccccc1)N([C@H](C)c1ccccc1)P(Oc1ccc2ccccc2c1-c1c(Nc2ccccc2)ccc2ccccc12)Oc1ccc2ccccc2c1-c1c(Nc2ccccc2)ccc2ccccc12. The van der Waals surface area contributed by atoms with Gasteiger partial charge < -0.3 is 19.7 Å². The summed E-state index contributed by atoms with van der Waals surface area (Å²) >= 11 is 0. The third-order valence-electron chi connectivity index (χ3n) is 14.1. The Kier molecular flexibility index (Phi) is 13.0. The van der Waals surface area contributed by atoms with Crippen molar-refractivity contribution in [2.75, 3.05) is 10.6 Å². The molecule has 0 aromatic heterocycles. The van der Waals surface area contributed by atoms with Crippen molar-refractivity contribution in [3.8, 4) is 33.8 Å². The van der Waals surface area contributed by atoms with E-state index in [1.807, 2.05) is 12.1 Å². The third kappa shape index (κ3) is 9.20. The van der Waals surface area contributed by atoms with E-state index in [9.17, 15) is 0 Å². The number of para-hydroxylation sites is 2. The first kappa shape index (κ1) is 46.3. The van der Waals surface area contributed by atoms with Crippen LogP contribution in [0.4, 0.5) is 22.7 Å². The monoisotopic (exact) mass is 975 g/mol. The average molecular weight is 976 g/mol. The highest BCUT2D eigenvalue weighted by atomic mass is 31.2. The summed E-state index contributed by atoms with van der Waals surface area (Å²) in [5.74, 6) is 1.43. The van der Waals surface area contributed by atoms with Gasteiger partial charge >= 0.3 is 8.53 Å². The van der Waals surface area contributed by atoms with Gasteiger partial charge in [0.15, 0.2) is 0 Å². The summed E-state index contributed by atoms with van der Waals surface area (Å²) in [6.45, 7) is 4.55. The lowest BCUT2D eigenvalue weighted by molar-refractivity contribution is 0.247. The molecule has 0 fully saturated rings. The highest BCUT2D eigenvalue weighted by Crippen LogP contribution is 2.58. The first-order chi connectivity index (χ1) is 36.6. The molecule has 0 aliphatic rings. The molecule has 0 aliphatic carbocycles. The minimum Gasteiger partial charge on any atom is -0.426 e. The molecule has 5 nitrogen and oxygen atoms in total. The molecular formula is C68H54N3O2P. The van der Waals surface area contributed by atoms with Crippen molar-refractivity contribution in [1.82, 2.24) is 4.67 Å². The fraction of sp³-hybridized carbons (Fsp3) is 0.0588. The van der Waals surface area contributed by atoms with Crippen molar-refractivity contribution in [3.63, 3.8) is 0 Å². The Bertz CT molecular complexity index is 3660. The van der Waals surface area contributed by atoms with Crippen LogP contribution in [-0.2, 0) is 0 Å². The van der Waals surface area contributed by atoms with Gasteiger partial charge in [0.2, 0.25) is 0 Å². The maximum Gasteiger partial charge on any atom is 0.385 e. The van der Waals surface area contributed by atoms with E-state index < -0.39 is 8.53 Å². The Morgan fingerprint density at radius 3 is 0.973 bits per heavy atom. The van der Waals surface area contributed by atoms with Gasteiger partial charge in [-0.25, -0.2) is 4.67 Å². The smallest absolute Gasteiger partial charge is 0.385 e. The van der Waals surface area contributed by atoms with Gasteiger partial charge in [-0.1, -0.05) is 218 Å². The molecule has 0 heterocycles. The molecule has 0 amide bonds. The maximum atomic E-state index is 7.96. The number of benzene rings is 12. The van der Waals surface area contributed by atoms with Crippen LogP contribution < -0.4 is 19.7 Å². The van der Waals surface area contributed by atoms with Gasteiger partial charge in [-0.3, -0.25) is 0 Å². The van der Waals surface area contributed by atoms with Crippen LogP contribution in [0.2, 0.25) is 0 Å². The molecule has 0 saturated heterocycles. The second-order valence-electron chi connectivity index (χ2n) is 18.7. The number of fused-ring (bicyclic) bond motifs is 4. The van der Waals surface area contributed by atoms with Crippen molar-refractivity contribution >= 4 is 74.4 Å². The van der Waals surface area contributed by atoms with Crippen LogP contribution in [0.15, 0.2) is 267 Å². The summed E-state index contributed by atoms with van der Waals surface area (Å²) in [5.41, 5.74) is 10.3. The van der Waals surface area contributed by atoms with Crippen LogP contribution in [0.3, 0.4) is 0 Å². The van der Waals surface area contributed by atoms with E-state index in [4.69, 9.17) is 9.05 Å². The van der Waals surface area contributed by atoms with Crippen molar-refractivity contribution in [2.24, 2.45) is 0 Å². The fourth-order valence-electron chi connectivity index (χ4n) is 10.5. The lowest BCUT2D eigenvalue weighted by Gasteiger charge is -2.39. The lowest BCUT2D eigenvalue weighted by atomic mass is 9.91. The molecule has 6 heteroatoms. The van der Waals surface area contributed by atoms with Gasteiger partial charge in [-0.05, 0) is 117 Å². The minimum absolute atomic E-state index is 0.161. The van der Waals surface area contributed by atoms with Gasteiger partial charge in [0.05, 0.1) is 0 Å². The molecule has 0 spiro atoms. The van der Waals surface area contributed by atoms with E-state index in [0.717, 1.165) is 99.2 Å². The summed E-state index contributed by atoms with van der Waals surface area (Å²) in [6.07, 6.45) is 0. The summed E-state index contributed by atoms with van der Waals surface area (Å²) in [5, 5.41) is 16.5. The van der Waals surface area contributed by atoms with Crippen molar-refractivity contribution in [1.29, 1.82) is 0 Å². The summed E-state index contributed by atoms with van der Waals surface area (Å²) in [7, 11) is -2.04.